The minimum Gasteiger partial charge on any atom is -1.00 e. The molecule has 0 spiro atoms. The first-order valence-electron chi connectivity index (χ1n) is 2.69. The summed E-state index contributed by atoms with van der Waals surface area (Å²) in [6.45, 7) is 2.16. The van der Waals surface area contributed by atoms with Crippen molar-refractivity contribution < 1.29 is 51.0 Å². The summed E-state index contributed by atoms with van der Waals surface area (Å²) < 4.78 is 0. The summed E-state index contributed by atoms with van der Waals surface area (Å²) >= 11 is 0. The fourth-order valence-corrected chi connectivity index (χ4v) is 0.685. The smallest absolute Gasteiger partial charge is 1.00 e. The zero-order chi connectivity index (χ0) is 5.11. The predicted molar refractivity (Wildman–Crippen MR) is 30.8 cm³/mol. The molecule has 0 nitrogen and oxygen atoms in total. The molecular weight excluding hydrogens is 246 g/mol. The van der Waals surface area contributed by atoms with Gasteiger partial charge < -0.3 is 24.8 Å². The second-order valence-electron chi connectivity index (χ2n) is 1.69. The minimum atomic E-state index is 0. The van der Waals surface area contributed by atoms with Crippen LogP contribution in [-0.4, -0.2) is 0 Å². The molecule has 10 heavy (non-hydrogen) atoms. The SMILES string of the molecule is CCC1=CC[C-]=C1.[Cl-].[Cl-].[Zr+3]. The van der Waals surface area contributed by atoms with Crippen molar-refractivity contribution >= 4 is 0 Å². The average Bonchev–Trinajstić information content (AvgIpc) is 2.14. The van der Waals surface area contributed by atoms with Gasteiger partial charge in [-0.25, -0.2) is 11.6 Å². The molecule has 0 saturated carbocycles. The van der Waals surface area contributed by atoms with E-state index in [9.17, 15) is 0 Å². The Bertz CT molecular complexity index is 119. The van der Waals surface area contributed by atoms with E-state index >= 15 is 0 Å². The van der Waals surface area contributed by atoms with Gasteiger partial charge in [-0.1, -0.05) is 13.3 Å². The predicted octanol–water partition coefficient (Wildman–Crippen LogP) is -3.91. The van der Waals surface area contributed by atoms with Crippen LogP contribution >= 0.6 is 0 Å². The standard InChI is InChI=1S/C7H9.2ClH.Zr/c1-2-7-5-3-4-6-7;;;/h5-6H,2-3H2,1H3;2*1H;/q-1;;;+3/p-2. The van der Waals surface area contributed by atoms with Gasteiger partial charge in [0.15, 0.2) is 0 Å². The van der Waals surface area contributed by atoms with Gasteiger partial charge in [-0.3, -0.25) is 6.08 Å². The molecule has 0 aromatic carbocycles. The van der Waals surface area contributed by atoms with Gasteiger partial charge in [0.2, 0.25) is 0 Å². The molecule has 0 amide bonds. The topological polar surface area (TPSA) is 0 Å². The summed E-state index contributed by atoms with van der Waals surface area (Å²) in [4.78, 5) is 0. The molecule has 1 aliphatic carbocycles. The molecule has 0 aliphatic heterocycles. The van der Waals surface area contributed by atoms with Crippen molar-refractivity contribution in [3.8, 4) is 0 Å². The van der Waals surface area contributed by atoms with Crippen LogP contribution < -0.4 is 24.8 Å². The van der Waals surface area contributed by atoms with E-state index in [2.05, 4.69) is 25.2 Å². The number of rotatable bonds is 1. The summed E-state index contributed by atoms with van der Waals surface area (Å²) in [5, 5.41) is 0. The molecule has 1 aliphatic rings. The Balaban J connectivity index is -0.000000163. The van der Waals surface area contributed by atoms with Crippen LogP contribution in [0.3, 0.4) is 0 Å². The van der Waals surface area contributed by atoms with Gasteiger partial charge >= 0.3 is 26.2 Å². The van der Waals surface area contributed by atoms with Crippen LogP contribution in [0.15, 0.2) is 17.7 Å². The molecule has 55 valence electrons. The third kappa shape index (κ3) is 5.71. The third-order valence-electron chi connectivity index (χ3n) is 1.18. The minimum absolute atomic E-state index is 0. The van der Waals surface area contributed by atoms with Crippen LogP contribution in [0.2, 0.25) is 0 Å². The Morgan fingerprint density at radius 2 is 2.10 bits per heavy atom. The maximum Gasteiger partial charge on any atom is 3.00 e. The zero-order valence-corrected chi connectivity index (χ0v) is 9.79. The van der Waals surface area contributed by atoms with Gasteiger partial charge in [-0.05, 0) is 0 Å². The molecule has 0 bridgehead atoms. The monoisotopic (exact) mass is 253 g/mol. The Morgan fingerprint density at radius 3 is 2.30 bits per heavy atom. The molecule has 1 rings (SSSR count). The van der Waals surface area contributed by atoms with Crippen LogP contribution in [0.25, 0.3) is 0 Å². The molecule has 0 aromatic rings. The summed E-state index contributed by atoms with van der Waals surface area (Å²) in [5.74, 6) is 0. The van der Waals surface area contributed by atoms with Crippen molar-refractivity contribution in [2.75, 3.05) is 0 Å². The molecule has 0 atom stereocenters. The van der Waals surface area contributed by atoms with Crippen LogP contribution in [0.5, 0.6) is 0 Å². The molecule has 0 saturated heterocycles. The molecule has 1 radical (unpaired) electrons. The first-order chi connectivity index (χ1) is 3.43. The number of allylic oxidation sites excluding steroid dienone is 4. The molecule has 0 unspecified atom stereocenters. The Morgan fingerprint density at radius 1 is 1.50 bits per heavy atom. The molecule has 3 heteroatoms. The van der Waals surface area contributed by atoms with Gasteiger partial charge in [0, 0.05) is 0 Å². The summed E-state index contributed by atoms with van der Waals surface area (Å²) in [7, 11) is 0. The Hall–Kier alpha value is 0.943. The summed E-state index contributed by atoms with van der Waals surface area (Å²) in [6.07, 6.45) is 9.57. The molecule has 0 fully saturated rings. The van der Waals surface area contributed by atoms with E-state index < -0.39 is 0 Å². The van der Waals surface area contributed by atoms with E-state index in [1.807, 2.05) is 0 Å². The van der Waals surface area contributed by atoms with E-state index in [0.717, 1.165) is 12.8 Å². The van der Waals surface area contributed by atoms with E-state index in [-0.39, 0.29) is 51.0 Å². The van der Waals surface area contributed by atoms with Crippen LogP contribution in [0.1, 0.15) is 19.8 Å². The van der Waals surface area contributed by atoms with Gasteiger partial charge in [0.1, 0.15) is 0 Å². The van der Waals surface area contributed by atoms with Crippen molar-refractivity contribution in [3.63, 3.8) is 0 Å². The quantitative estimate of drug-likeness (QED) is 0.420. The van der Waals surface area contributed by atoms with Crippen LogP contribution in [0, 0.1) is 6.08 Å². The van der Waals surface area contributed by atoms with E-state index in [0.29, 0.717) is 0 Å². The summed E-state index contributed by atoms with van der Waals surface area (Å²) in [6, 6.07) is 0. The Labute approximate surface area is 94.1 Å². The van der Waals surface area contributed by atoms with Crippen molar-refractivity contribution in [2.45, 2.75) is 19.8 Å². The summed E-state index contributed by atoms with van der Waals surface area (Å²) in [5.41, 5.74) is 1.43. The molecule has 0 aromatic heterocycles. The van der Waals surface area contributed by atoms with Crippen LogP contribution in [0.4, 0.5) is 0 Å². The molecular formula is C7H9Cl2Zr. The third-order valence-corrected chi connectivity index (χ3v) is 1.18. The van der Waals surface area contributed by atoms with E-state index in [4.69, 9.17) is 0 Å². The molecule has 0 heterocycles. The second-order valence-corrected chi connectivity index (χ2v) is 1.69. The Kier molecular flexibility index (Phi) is 17.1. The normalized spacial score (nSPS) is 12.3. The van der Waals surface area contributed by atoms with E-state index in [1.165, 1.54) is 5.57 Å². The average molecular weight is 255 g/mol. The second kappa shape index (κ2) is 9.94. The van der Waals surface area contributed by atoms with Crippen molar-refractivity contribution in [3.05, 3.63) is 23.8 Å². The maximum absolute atomic E-state index is 3.11. The van der Waals surface area contributed by atoms with Gasteiger partial charge in [0.05, 0.1) is 0 Å². The van der Waals surface area contributed by atoms with Gasteiger partial charge in [0.25, 0.3) is 0 Å². The zero-order valence-electron chi connectivity index (χ0n) is 5.82. The van der Waals surface area contributed by atoms with E-state index in [1.54, 1.807) is 0 Å². The van der Waals surface area contributed by atoms with Crippen molar-refractivity contribution in [1.29, 1.82) is 0 Å². The van der Waals surface area contributed by atoms with Crippen molar-refractivity contribution in [1.82, 2.24) is 0 Å². The van der Waals surface area contributed by atoms with Gasteiger partial charge in [-0.15, -0.1) is 6.42 Å². The number of hydrogen-bond donors (Lipinski definition) is 0. The maximum atomic E-state index is 3.11. The number of hydrogen-bond acceptors (Lipinski definition) is 0. The molecule has 0 N–H and O–H groups in total. The fraction of sp³-hybridized carbons (Fsp3) is 0.429. The number of halogens is 2. The van der Waals surface area contributed by atoms with Crippen molar-refractivity contribution in [2.24, 2.45) is 0 Å². The first-order valence-corrected chi connectivity index (χ1v) is 2.69. The van der Waals surface area contributed by atoms with Crippen LogP contribution in [-0.2, 0) is 26.2 Å². The fourth-order valence-electron chi connectivity index (χ4n) is 0.685. The first kappa shape index (κ1) is 17.1. The van der Waals surface area contributed by atoms with Gasteiger partial charge in [-0.2, -0.15) is 6.08 Å². The largest absolute Gasteiger partial charge is 3.00 e.